The SMILES string of the molecule is COc1ccccc1C(C(=O)O)c1ccc(F)cc1. The lowest BCUT2D eigenvalue weighted by atomic mass is 9.91. The summed E-state index contributed by atoms with van der Waals surface area (Å²) >= 11 is 0. The lowest BCUT2D eigenvalue weighted by molar-refractivity contribution is -0.137. The molecule has 1 unspecified atom stereocenters. The number of carbonyl (C=O) groups is 1. The van der Waals surface area contributed by atoms with Crippen molar-refractivity contribution >= 4 is 5.97 Å². The van der Waals surface area contributed by atoms with Crippen LogP contribution in [0, 0.1) is 5.82 Å². The van der Waals surface area contributed by atoms with Gasteiger partial charge in [0.05, 0.1) is 7.11 Å². The molecule has 0 bridgehead atoms. The zero-order valence-electron chi connectivity index (χ0n) is 10.3. The van der Waals surface area contributed by atoms with E-state index >= 15 is 0 Å². The molecule has 0 fully saturated rings. The molecule has 1 atom stereocenters. The van der Waals surface area contributed by atoms with Gasteiger partial charge in [0.25, 0.3) is 0 Å². The van der Waals surface area contributed by atoms with Crippen LogP contribution in [-0.4, -0.2) is 18.2 Å². The molecule has 0 heterocycles. The summed E-state index contributed by atoms with van der Waals surface area (Å²) in [5.41, 5.74) is 1.06. The van der Waals surface area contributed by atoms with Crippen molar-refractivity contribution in [3.05, 3.63) is 65.5 Å². The van der Waals surface area contributed by atoms with Gasteiger partial charge in [0.15, 0.2) is 0 Å². The van der Waals surface area contributed by atoms with Gasteiger partial charge < -0.3 is 9.84 Å². The molecule has 0 saturated heterocycles. The predicted molar refractivity (Wildman–Crippen MR) is 68.9 cm³/mol. The van der Waals surface area contributed by atoms with E-state index in [-0.39, 0.29) is 0 Å². The Hall–Kier alpha value is -2.36. The Balaban J connectivity index is 2.51. The third kappa shape index (κ3) is 2.73. The molecule has 0 saturated carbocycles. The number of ether oxygens (including phenoxy) is 1. The molecule has 0 radical (unpaired) electrons. The molecule has 4 heteroatoms. The van der Waals surface area contributed by atoms with E-state index < -0.39 is 17.7 Å². The average Bonchev–Trinajstić information content (AvgIpc) is 2.41. The van der Waals surface area contributed by atoms with E-state index in [1.54, 1.807) is 24.3 Å². The van der Waals surface area contributed by atoms with E-state index in [4.69, 9.17) is 4.74 Å². The Morgan fingerprint density at radius 2 is 1.79 bits per heavy atom. The third-order valence-electron chi connectivity index (χ3n) is 2.90. The monoisotopic (exact) mass is 260 g/mol. The second kappa shape index (κ2) is 5.52. The van der Waals surface area contributed by atoms with Gasteiger partial charge in [-0.05, 0) is 23.8 Å². The fraction of sp³-hybridized carbons (Fsp3) is 0.133. The van der Waals surface area contributed by atoms with Crippen LogP contribution in [0.2, 0.25) is 0 Å². The summed E-state index contributed by atoms with van der Waals surface area (Å²) in [6, 6.07) is 12.4. The largest absolute Gasteiger partial charge is 0.496 e. The molecule has 2 aromatic carbocycles. The van der Waals surface area contributed by atoms with Gasteiger partial charge in [-0.3, -0.25) is 4.79 Å². The molecular weight excluding hydrogens is 247 g/mol. The van der Waals surface area contributed by atoms with Crippen molar-refractivity contribution in [1.29, 1.82) is 0 Å². The van der Waals surface area contributed by atoms with E-state index in [0.29, 0.717) is 16.9 Å². The van der Waals surface area contributed by atoms with Crippen LogP contribution in [-0.2, 0) is 4.79 Å². The second-order valence-corrected chi connectivity index (χ2v) is 4.06. The molecule has 2 rings (SSSR count). The molecule has 0 amide bonds. The zero-order valence-corrected chi connectivity index (χ0v) is 10.3. The smallest absolute Gasteiger partial charge is 0.315 e. The van der Waals surface area contributed by atoms with Crippen molar-refractivity contribution in [3.63, 3.8) is 0 Å². The van der Waals surface area contributed by atoms with Gasteiger partial charge in [0.2, 0.25) is 0 Å². The molecule has 0 spiro atoms. The van der Waals surface area contributed by atoms with Crippen LogP contribution in [0.1, 0.15) is 17.0 Å². The van der Waals surface area contributed by atoms with Gasteiger partial charge in [0.1, 0.15) is 17.5 Å². The number of para-hydroxylation sites is 1. The van der Waals surface area contributed by atoms with Gasteiger partial charge >= 0.3 is 5.97 Å². The van der Waals surface area contributed by atoms with E-state index in [1.807, 2.05) is 0 Å². The Kier molecular flexibility index (Phi) is 3.80. The van der Waals surface area contributed by atoms with Crippen LogP contribution in [0.25, 0.3) is 0 Å². The van der Waals surface area contributed by atoms with Crippen molar-refractivity contribution in [1.82, 2.24) is 0 Å². The summed E-state index contributed by atoms with van der Waals surface area (Å²) < 4.78 is 18.1. The average molecular weight is 260 g/mol. The topological polar surface area (TPSA) is 46.5 Å². The fourth-order valence-electron chi connectivity index (χ4n) is 2.02. The van der Waals surface area contributed by atoms with Crippen LogP contribution < -0.4 is 4.74 Å². The Morgan fingerprint density at radius 1 is 1.16 bits per heavy atom. The minimum atomic E-state index is -1.00. The summed E-state index contributed by atoms with van der Waals surface area (Å²) in [7, 11) is 1.49. The standard InChI is InChI=1S/C15H13FO3/c1-19-13-5-3-2-4-12(13)14(15(17)18)10-6-8-11(16)9-7-10/h2-9,14H,1H3,(H,17,18). The molecule has 0 aliphatic heterocycles. The molecule has 2 aromatic rings. The van der Waals surface area contributed by atoms with Crippen LogP contribution in [0.3, 0.4) is 0 Å². The Labute approximate surface area is 110 Å². The first-order valence-corrected chi connectivity index (χ1v) is 5.74. The first-order chi connectivity index (χ1) is 9.13. The van der Waals surface area contributed by atoms with Crippen LogP contribution in [0.5, 0.6) is 5.75 Å². The van der Waals surface area contributed by atoms with Crippen LogP contribution in [0.4, 0.5) is 4.39 Å². The number of aliphatic carboxylic acids is 1. The van der Waals surface area contributed by atoms with Gasteiger partial charge in [-0.15, -0.1) is 0 Å². The number of hydrogen-bond donors (Lipinski definition) is 1. The highest BCUT2D eigenvalue weighted by atomic mass is 19.1. The highest BCUT2D eigenvalue weighted by Gasteiger charge is 2.25. The van der Waals surface area contributed by atoms with E-state index in [2.05, 4.69) is 0 Å². The number of methoxy groups -OCH3 is 1. The maximum Gasteiger partial charge on any atom is 0.315 e. The zero-order chi connectivity index (χ0) is 13.8. The minimum absolute atomic E-state index is 0.395. The van der Waals surface area contributed by atoms with Gasteiger partial charge in [0, 0.05) is 5.56 Å². The lowest BCUT2D eigenvalue weighted by Gasteiger charge is -2.16. The number of halogens is 1. The summed E-state index contributed by atoms with van der Waals surface area (Å²) in [6.07, 6.45) is 0. The van der Waals surface area contributed by atoms with E-state index in [1.165, 1.54) is 31.4 Å². The number of benzene rings is 2. The van der Waals surface area contributed by atoms with Crippen molar-refractivity contribution in [3.8, 4) is 5.75 Å². The predicted octanol–water partition coefficient (Wildman–Crippen LogP) is 3.05. The normalized spacial score (nSPS) is 11.9. The number of carboxylic acid groups (broad SMARTS) is 1. The summed E-state index contributed by atoms with van der Waals surface area (Å²) in [5, 5.41) is 9.42. The molecule has 1 N–H and O–H groups in total. The Bertz CT molecular complexity index is 578. The van der Waals surface area contributed by atoms with Crippen molar-refractivity contribution < 1.29 is 19.0 Å². The number of hydrogen-bond acceptors (Lipinski definition) is 2. The summed E-state index contributed by atoms with van der Waals surface area (Å²) in [4.78, 5) is 11.5. The molecule has 19 heavy (non-hydrogen) atoms. The minimum Gasteiger partial charge on any atom is -0.496 e. The van der Waals surface area contributed by atoms with Crippen LogP contribution >= 0.6 is 0 Å². The van der Waals surface area contributed by atoms with E-state index in [0.717, 1.165) is 0 Å². The molecular formula is C15H13FO3. The Morgan fingerprint density at radius 3 is 2.37 bits per heavy atom. The number of rotatable bonds is 4. The van der Waals surface area contributed by atoms with Crippen molar-refractivity contribution in [2.75, 3.05) is 7.11 Å². The lowest BCUT2D eigenvalue weighted by Crippen LogP contribution is -2.14. The molecule has 0 aromatic heterocycles. The molecule has 0 aliphatic carbocycles. The van der Waals surface area contributed by atoms with Crippen molar-refractivity contribution in [2.24, 2.45) is 0 Å². The molecule has 0 aliphatic rings. The molecule has 98 valence electrons. The number of carboxylic acids is 1. The van der Waals surface area contributed by atoms with E-state index in [9.17, 15) is 14.3 Å². The fourth-order valence-corrected chi connectivity index (χ4v) is 2.02. The highest BCUT2D eigenvalue weighted by Crippen LogP contribution is 2.32. The van der Waals surface area contributed by atoms with Crippen molar-refractivity contribution in [2.45, 2.75) is 5.92 Å². The first-order valence-electron chi connectivity index (χ1n) is 5.74. The summed E-state index contributed by atoms with van der Waals surface area (Å²) in [6.45, 7) is 0. The quantitative estimate of drug-likeness (QED) is 0.919. The third-order valence-corrected chi connectivity index (χ3v) is 2.90. The first kappa shape index (κ1) is 13.1. The summed E-state index contributed by atoms with van der Waals surface area (Å²) in [5.74, 6) is -1.78. The highest BCUT2D eigenvalue weighted by molar-refractivity contribution is 5.81. The maximum absolute atomic E-state index is 12.9. The molecule has 3 nitrogen and oxygen atoms in total. The van der Waals surface area contributed by atoms with Crippen LogP contribution in [0.15, 0.2) is 48.5 Å². The van der Waals surface area contributed by atoms with Gasteiger partial charge in [-0.1, -0.05) is 30.3 Å². The second-order valence-electron chi connectivity index (χ2n) is 4.06. The van der Waals surface area contributed by atoms with Gasteiger partial charge in [-0.25, -0.2) is 4.39 Å². The van der Waals surface area contributed by atoms with Gasteiger partial charge in [-0.2, -0.15) is 0 Å². The maximum atomic E-state index is 12.9.